The Kier molecular flexibility index (Phi) is 6.23. The van der Waals surface area contributed by atoms with Gasteiger partial charge in [-0.1, -0.05) is 0 Å². The number of carbonyl (C=O) groups excluding carboxylic acids is 1. The van der Waals surface area contributed by atoms with E-state index in [1.54, 1.807) is 13.3 Å². The molecule has 7 heteroatoms. The smallest absolute Gasteiger partial charge is 0.253 e. The number of nitrogens with zero attached hydrogens (tertiary/aromatic N) is 2. The Bertz CT molecular complexity index is 573. The van der Waals surface area contributed by atoms with Gasteiger partial charge in [-0.25, -0.2) is 4.98 Å². The molecule has 1 aliphatic carbocycles. The first-order valence-electron chi connectivity index (χ1n) is 8.93. The zero-order valence-electron chi connectivity index (χ0n) is 14.9. The van der Waals surface area contributed by atoms with Gasteiger partial charge in [0, 0.05) is 38.5 Å². The summed E-state index contributed by atoms with van der Waals surface area (Å²) in [5.41, 5.74) is 1.02. The number of methoxy groups -OCH3 is 1. The maximum absolute atomic E-state index is 13.0. The van der Waals surface area contributed by atoms with E-state index in [9.17, 15) is 4.79 Å². The molecule has 2 atom stereocenters. The summed E-state index contributed by atoms with van der Waals surface area (Å²) in [6, 6.07) is 4.11. The van der Waals surface area contributed by atoms with E-state index >= 15 is 0 Å². The van der Waals surface area contributed by atoms with E-state index in [0.29, 0.717) is 38.3 Å². The fraction of sp³-hybridized carbons (Fsp3) is 0.667. The average molecular weight is 349 g/mol. The number of rotatable bonds is 8. The molecule has 138 valence electrons. The van der Waals surface area contributed by atoms with Crippen molar-refractivity contribution in [1.82, 2.24) is 15.2 Å². The van der Waals surface area contributed by atoms with Crippen LogP contribution in [-0.4, -0.2) is 68.0 Å². The number of hydrogen-bond donors (Lipinski definition) is 1. The minimum atomic E-state index is -0.393. The molecule has 1 N–H and O–H groups in total. The van der Waals surface area contributed by atoms with Gasteiger partial charge in [-0.15, -0.1) is 0 Å². The molecule has 3 rings (SSSR count). The minimum Gasteiger partial charge on any atom is -0.475 e. The number of pyridine rings is 1. The highest BCUT2D eigenvalue weighted by molar-refractivity contribution is 5.82. The van der Waals surface area contributed by atoms with Crippen LogP contribution in [0.25, 0.3) is 0 Å². The summed E-state index contributed by atoms with van der Waals surface area (Å²) in [7, 11) is 1.64. The Hall–Kier alpha value is -1.70. The van der Waals surface area contributed by atoms with Gasteiger partial charge >= 0.3 is 0 Å². The molecule has 0 bridgehead atoms. The van der Waals surface area contributed by atoms with Gasteiger partial charge in [0.05, 0.1) is 19.3 Å². The summed E-state index contributed by atoms with van der Waals surface area (Å²) in [6.07, 6.45) is 3.44. The minimum absolute atomic E-state index is 0.0432. The number of aromatic nitrogens is 1. The first-order valence-corrected chi connectivity index (χ1v) is 8.93. The van der Waals surface area contributed by atoms with Gasteiger partial charge in [-0.2, -0.15) is 0 Å². The zero-order valence-corrected chi connectivity index (χ0v) is 14.9. The molecule has 1 amide bonds. The summed E-state index contributed by atoms with van der Waals surface area (Å²) >= 11 is 0. The maximum atomic E-state index is 13.0. The molecule has 7 nitrogen and oxygen atoms in total. The van der Waals surface area contributed by atoms with E-state index in [4.69, 9.17) is 14.2 Å². The van der Waals surface area contributed by atoms with Crippen LogP contribution >= 0.6 is 0 Å². The van der Waals surface area contributed by atoms with Crippen molar-refractivity contribution in [3.05, 3.63) is 23.9 Å². The predicted molar refractivity (Wildman–Crippen MR) is 92.5 cm³/mol. The van der Waals surface area contributed by atoms with Crippen molar-refractivity contribution in [2.24, 2.45) is 0 Å². The third-order valence-electron chi connectivity index (χ3n) is 4.59. The summed E-state index contributed by atoms with van der Waals surface area (Å²) in [5.74, 6) is 0.626. The van der Waals surface area contributed by atoms with Crippen molar-refractivity contribution in [2.75, 3.05) is 40.0 Å². The van der Waals surface area contributed by atoms with Crippen molar-refractivity contribution in [3.8, 4) is 5.88 Å². The van der Waals surface area contributed by atoms with Gasteiger partial charge in [-0.05, 0) is 31.4 Å². The van der Waals surface area contributed by atoms with Crippen LogP contribution in [0.4, 0.5) is 0 Å². The van der Waals surface area contributed by atoms with Crippen molar-refractivity contribution in [2.45, 2.75) is 38.0 Å². The molecule has 2 heterocycles. The van der Waals surface area contributed by atoms with Crippen LogP contribution in [0.3, 0.4) is 0 Å². The maximum Gasteiger partial charge on any atom is 0.253 e. The third kappa shape index (κ3) is 4.68. The molecule has 25 heavy (non-hydrogen) atoms. The summed E-state index contributed by atoms with van der Waals surface area (Å²) in [6.45, 7) is 4.98. The molecule has 0 aromatic carbocycles. The fourth-order valence-electron chi connectivity index (χ4n) is 3.08. The summed E-state index contributed by atoms with van der Waals surface area (Å²) < 4.78 is 16.3. The molecular weight excluding hydrogens is 322 g/mol. The monoisotopic (exact) mass is 349 g/mol. The first-order chi connectivity index (χ1) is 12.2. The Morgan fingerprint density at radius 2 is 2.32 bits per heavy atom. The lowest BCUT2D eigenvalue weighted by Gasteiger charge is -2.34. The molecule has 0 radical (unpaired) electrons. The molecule has 1 aromatic heterocycles. The standard InChI is InChI=1S/C18H27N3O4/c1-13(14-5-6-20-17(11-14)25-10-9-23-2)21(15-3-4-15)18(22)16-12-19-7-8-24-16/h5-6,11,13,15-16,19H,3-4,7-10,12H2,1-2H3. The van der Waals surface area contributed by atoms with Crippen LogP contribution in [-0.2, 0) is 14.3 Å². The molecule has 1 saturated carbocycles. The van der Waals surface area contributed by atoms with Gasteiger partial charge in [0.1, 0.15) is 12.7 Å². The lowest BCUT2D eigenvalue weighted by Crippen LogP contribution is -2.50. The van der Waals surface area contributed by atoms with E-state index in [2.05, 4.69) is 17.2 Å². The second-order valence-corrected chi connectivity index (χ2v) is 6.48. The normalized spacial score (nSPS) is 21.6. The van der Waals surface area contributed by atoms with Crippen LogP contribution in [0.15, 0.2) is 18.3 Å². The second-order valence-electron chi connectivity index (χ2n) is 6.48. The molecule has 0 spiro atoms. The molecule has 2 fully saturated rings. The number of hydrogen-bond acceptors (Lipinski definition) is 6. The van der Waals surface area contributed by atoms with Crippen LogP contribution < -0.4 is 10.1 Å². The van der Waals surface area contributed by atoms with Crippen LogP contribution in [0, 0.1) is 0 Å². The van der Waals surface area contributed by atoms with Crippen molar-refractivity contribution < 1.29 is 19.0 Å². The highest BCUT2D eigenvalue weighted by Gasteiger charge is 2.39. The van der Waals surface area contributed by atoms with E-state index < -0.39 is 6.10 Å². The Labute approximate surface area is 148 Å². The van der Waals surface area contributed by atoms with Gasteiger partial charge < -0.3 is 24.4 Å². The van der Waals surface area contributed by atoms with E-state index in [-0.39, 0.29) is 11.9 Å². The molecule has 1 saturated heterocycles. The van der Waals surface area contributed by atoms with Gasteiger partial charge in [0.2, 0.25) is 5.88 Å². The van der Waals surface area contributed by atoms with E-state index in [0.717, 1.165) is 24.9 Å². The molecule has 2 aliphatic rings. The lowest BCUT2D eigenvalue weighted by molar-refractivity contribution is -0.148. The fourth-order valence-corrected chi connectivity index (χ4v) is 3.08. The van der Waals surface area contributed by atoms with Crippen molar-refractivity contribution >= 4 is 5.91 Å². The number of morpholine rings is 1. The van der Waals surface area contributed by atoms with Gasteiger partial charge in [-0.3, -0.25) is 4.79 Å². The third-order valence-corrected chi connectivity index (χ3v) is 4.59. The zero-order chi connectivity index (χ0) is 17.6. The highest BCUT2D eigenvalue weighted by atomic mass is 16.5. The molecule has 1 aromatic rings. The Morgan fingerprint density at radius 3 is 3.00 bits per heavy atom. The lowest BCUT2D eigenvalue weighted by atomic mass is 10.1. The summed E-state index contributed by atoms with van der Waals surface area (Å²) in [5, 5.41) is 3.23. The summed E-state index contributed by atoms with van der Waals surface area (Å²) in [4.78, 5) is 19.2. The number of carbonyl (C=O) groups is 1. The second kappa shape index (κ2) is 8.60. The largest absolute Gasteiger partial charge is 0.475 e. The quantitative estimate of drug-likeness (QED) is 0.710. The number of nitrogens with one attached hydrogen (secondary N) is 1. The van der Waals surface area contributed by atoms with Gasteiger partial charge in [0.15, 0.2) is 0 Å². The van der Waals surface area contributed by atoms with Crippen molar-refractivity contribution in [1.29, 1.82) is 0 Å². The molecular formula is C18H27N3O4. The average Bonchev–Trinajstić information content (AvgIpc) is 3.48. The molecule has 1 aliphatic heterocycles. The van der Waals surface area contributed by atoms with E-state index in [1.807, 2.05) is 17.0 Å². The Balaban J connectivity index is 1.71. The van der Waals surface area contributed by atoms with Crippen LogP contribution in [0.1, 0.15) is 31.4 Å². The number of ether oxygens (including phenoxy) is 3. The van der Waals surface area contributed by atoms with Crippen LogP contribution in [0.5, 0.6) is 5.88 Å². The topological polar surface area (TPSA) is 72.9 Å². The van der Waals surface area contributed by atoms with Gasteiger partial charge in [0.25, 0.3) is 5.91 Å². The highest BCUT2D eigenvalue weighted by Crippen LogP contribution is 2.35. The first kappa shape index (κ1) is 18.1. The SMILES string of the molecule is COCCOc1cc(C(C)N(C(=O)C2CNCCO2)C2CC2)ccn1. The number of amides is 1. The van der Waals surface area contributed by atoms with Crippen LogP contribution in [0.2, 0.25) is 0 Å². The van der Waals surface area contributed by atoms with E-state index in [1.165, 1.54) is 0 Å². The van der Waals surface area contributed by atoms with Crippen molar-refractivity contribution in [3.63, 3.8) is 0 Å². The predicted octanol–water partition coefficient (Wildman–Crippen LogP) is 1.15. The Morgan fingerprint density at radius 1 is 1.48 bits per heavy atom. The molecule has 2 unspecified atom stereocenters.